The molecule has 130 valence electrons. The molecule has 4 rings (SSSR count). The zero-order valence-electron chi connectivity index (χ0n) is 14.0. The molecule has 0 radical (unpaired) electrons. The van der Waals surface area contributed by atoms with Gasteiger partial charge in [0.1, 0.15) is 19.3 Å². The molecule has 0 N–H and O–H groups in total. The van der Waals surface area contributed by atoms with E-state index in [1.165, 1.54) is 0 Å². The monoisotopic (exact) mass is 341 g/mol. The van der Waals surface area contributed by atoms with Crippen molar-refractivity contribution in [3.8, 4) is 17.4 Å². The fourth-order valence-corrected chi connectivity index (χ4v) is 3.04. The largest absolute Gasteiger partial charge is 0.486 e. The molecule has 1 unspecified atom stereocenters. The van der Waals surface area contributed by atoms with E-state index >= 15 is 0 Å². The van der Waals surface area contributed by atoms with Gasteiger partial charge in [-0.25, -0.2) is 0 Å². The van der Waals surface area contributed by atoms with Gasteiger partial charge < -0.3 is 19.1 Å². The summed E-state index contributed by atoms with van der Waals surface area (Å²) in [6, 6.07) is 9.05. The summed E-state index contributed by atoms with van der Waals surface area (Å²) in [5.41, 5.74) is 1.37. The lowest BCUT2D eigenvalue weighted by Gasteiger charge is -2.23. The third kappa shape index (κ3) is 3.22. The molecule has 1 amide bonds. The predicted molar refractivity (Wildman–Crippen MR) is 89.1 cm³/mol. The van der Waals surface area contributed by atoms with Crippen molar-refractivity contribution in [2.24, 2.45) is 0 Å². The summed E-state index contributed by atoms with van der Waals surface area (Å²) in [5.74, 6) is 1.58. The first-order chi connectivity index (χ1) is 12.2. The van der Waals surface area contributed by atoms with Crippen LogP contribution in [-0.4, -0.2) is 53.4 Å². The summed E-state index contributed by atoms with van der Waals surface area (Å²) in [6.45, 7) is 3.97. The maximum atomic E-state index is 12.9. The zero-order valence-corrected chi connectivity index (χ0v) is 14.0. The van der Waals surface area contributed by atoms with Crippen molar-refractivity contribution in [2.45, 2.75) is 19.4 Å². The predicted octanol–water partition coefficient (Wildman–Crippen LogP) is 1.85. The molecular weight excluding hydrogens is 322 g/mol. The van der Waals surface area contributed by atoms with Crippen molar-refractivity contribution in [1.82, 2.24) is 15.1 Å². The van der Waals surface area contributed by atoms with Gasteiger partial charge in [0.15, 0.2) is 11.5 Å². The van der Waals surface area contributed by atoms with Gasteiger partial charge in [-0.1, -0.05) is 6.07 Å². The third-order valence-corrected chi connectivity index (χ3v) is 4.29. The number of aromatic nitrogens is 2. The Labute approximate surface area is 145 Å². The lowest BCUT2D eigenvalue weighted by molar-refractivity contribution is 0.0760. The van der Waals surface area contributed by atoms with Gasteiger partial charge in [-0.05, 0) is 25.1 Å². The van der Waals surface area contributed by atoms with Crippen LogP contribution >= 0.6 is 0 Å². The number of fused-ring (bicyclic) bond motifs is 1. The van der Waals surface area contributed by atoms with Crippen LogP contribution in [0.4, 0.5) is 0 Å². The summed E-state index contributed by atoms with van der Waals surface area (Å²) in [5, 5.41) is 8.00. The van der Waals surface area contributed by atoms with Gasteiger partial charge in [-0.2, -0.15) is 5.10 Å². The molecule has 7 nitrogen and oxygen atoms in total. The van der Waals surface area contributed by atoms with Crippen LogP contribution in [0, 0.1) is 6.92 Å². The Morgan fingerprint density at radius 1 is 1.20 bits per heavy atom. The van der Waals surface area contributed by atoms with Crippen LogP contribution in [-0.2, 0) is 0 Å². The summed E-state index contributed by atoms with van der Waals surface area (Å²) >= 11 is 0. The van der Waals surface area contributed by atoms with Crippen molar-refractivity contribution >= 4 is 5.91 Å². The Bertz CT molecular complexity index is 778. The normalized spacial score (nSPS) is 18.9. The smallest absolute Gasteiger partial charge is 0.257 e. The van der Waals surface area contributed by atoms with E-state index in [2.05, 4.69) is 10.2 Å². The average Bonchev–Trinajstić information content (AvgIpc) is 3.11. The molecule has 0 spiro atoms. The molecule has 1 aromatic carbocycles. The van der Waals surface area contributed by atoms with Crippen molar-refractivity contribution < 1.29 is 19.0 Å². The molecule has 1 aromatic heterocycles. The second-order valence-corrected chi connectivity index (χ2v) is 6.12. The van der Waals surface area contributed by atoms with E-state index in [4.69, 9.17) is 14.2 Å². The van der Waals surface area contributed by atoms with Crippen LogP contribution in [0.3, 0.4) is 0 Å². The highest BCUT2D eigenvalue weighted by atomic mass is 16.6. The molecule has 1 fully saturated rings. The lowest BCUT2D eigenvalue weighted by Crippen LogP contribution is -2.32. The van der Waals surface area contributed by atoms with Crippen LogP contribution in [0.2, 0.25) is 0 Å². The summed E-state index contributed by atoms with van der Waals surface area (Å²) < 4.78 is 17.0. The van der Waals surface area contributed by atoms with Crippen LogP contribution < -0.4 is 14.2 Å². The molecule has 1 saturated heterocycles. The van der Waals surface area contributed by atoms with Gasteiger partial charge in [0.05, 0.1) is 17.8 Å². The van der Waals surface area contributed by atoms with Gasteiger partial charge in [0, 0.05) is 19.0 Å². The molecule has 1 atom stereocenters. The molecule has 0 aliphatic carbocycles. The molecule has 0 bridgehead atoms. The van der Waals surface area contributed by atoms with E-state index in [0.29, 0.717) is 49.2 Å². The molecule has 2 aliphatic rings. The Morgan fingerprint density at radius 2 is 2.08 bits per heavy atom. The van der Waals surface area contributed by atoms with Crippen LogP contribution in [0.15, 0.2) is 30.3 Å². The highest BCUT2D eigenvalue weighted by Crippen LogP contribution is 2.34. The van der Waals surface area contributed by atoms with E-state index in [9.17, 15) is 4.79 Å². The number of nitrogens with zero attached hydrogens (tertiary/aromatic N) is 3. The van der Waals surface area contributed by atoms with Crippen molar-refractivity contribution in [3.63, 3.8) is 0 Å². The van der Waals surface area contributed by atoms with Crippen LogP contribution in [0.1, 0.15) is 22.5 Å². The van der Waals surface area contributed by atoms with Gasteiger partial charge in [-0.15, -0.1) is 5.10 Å². The first-order valence-corrected chi connectivity index (χ1v) is 8.35. The summed E-state index contributed by atoms with van der Waals surface area (Å²) in [6.07, 6.45) is 0.672. The van der Waals surface area contributed by atoms with Gasteiger partial charge in [0.2, 0.25) is 5.88 Å². The van der Waals surface area contributed by atoms with Crippen molar-refractivity contribution in [1.29, 1.82) is 0 Å². The quantitative estimate of drug-likeness (QED) is 0.848. The Morgan fingerprint density at radius 3 is 2.92 bits per heavy atom. The maximum Gasteiger partial charge on any atom is 0.257 e. The first-order valence-electron chi connectivity index (χ1n) is 8.35. The number of likely N-dealkylation sites (tertiary alicyclic amines) is 1. The number of rotatable bonds is 3. The van der Waals surface area contributed by atoms with E-state index < -0.39 is 0 Å². The van der Waals surface area contributed by atoms with Gasteiger partial charge >= 0.3 is 0 Å². The number of carbonyl (C=O) groups is 1. The standard InChI is InChI=1S/C18H19N3O4/c1-12-5-6-16(20-19-12)25-13-7-8-21(11-13)18(22)14-3-2-4-15-17(14)24-10-9-23-15/h2-6,13H,7-11H2,1H3. The third-order valence-electron chi connectivity index (χ3n) is 4.29. The Balaban J connectivity index is 1.45. The highest BCUT2D eigenvalue weighted by molar-refractivity contribution is 5.98. The minimum absolute atomic E-state index is 0.0663. The van der Waals surface area contributed by atoms with Crippen LogP contribution in [0.25, 0.3) is 0 Å². The topological polar surface area (TPSA) is 73.8 Å². The van der Waals surface area contributed by atoms with E-state index in [0.717, 1.165) is 12.1 Å². The number of aryl methyl sites for hydroxylation is 1. The minimum atomic E-state index is -0.0855. The first kappa shape index (κ1) is 15.7. The molecular formula is C18H19N3O4. The molecule has 2 aliphatic heterocycles. The average molecular weight is 341 g/mol. The minimum Gasteiger partial charge on any atom is -0.486 e. The van der Waals surface area contributed by atoms with Crippen molar-refractivity contribution in [2.75, 3.05) is 26.3 Å². The number of benzene rings is 1. The second kappa shape index (κ2) is 6.58. The number of hydrogen-bond donors (Lipinski definition) is 0. The lowest BCUT2D eigenvalue weighted by atomic mass is 10.1. The molecule has 0 saturated carbocycles. The molecule has 25 heavy (non-hydrogen) atoms. The molecule has 2 aromatic rings. The number of para-hydroxylation sites is 1. The Kier molecular flexibility index (Phi) is 4.13. The summed E-state index contributed by atoms with van der Waals surface area (Å²) in [7, 11) is 0. The molecule has 7 heteroatoms. The van der Waals surface area contributed by atoms with Gasteiger partial charge in [0.25, 0.3) is 5.91 Å². The number of amides is 1. The Hall–Kier alpha value is -2.83. The second-order valence-electron chi connectivity index (χ2n) is 6.12. The van der Waals surface area contributed by atoms with E-state index in [-0.39, 0.29) is 12.0 Å². The fraction of sp³-hybridized carbons (Fsp3) is 0.389. The molecule has 3 heterocycles. The van der Waals surface area contributed by atoms with E-state index in [1.807, 2.05) is 25.1 Å². The highest BCUT2D eigenvalue weighted by Gasteiger charge is 2.31. The zero-order chi connectivity index (χ0) is 17.2. The number of carbonyl (C=O) groups excluding carboxylic acids is 1. The fourth-order valence-electron chi connectivity index (χ4n) is 3.04. The van der Waals surface area contributed by atoms with Crippen molar-refractivity contribution in [3.05, 3.63) is 41.6 Å². The van der Waals surface area contributed by atoms with Gasteiger partial charge in [-0.3, -0.25) is 4.79 Å². The maximum absolute atomic E-state index is 12.9. The van der Waals surface area contributed by atoms with Crippen LogP contribution in [0.5, 0.6) is 17.4 Å². The number of ether oxygens (including phenoxy) is 3. The SMILES string of the molecule is Cc1ccc(OC2CCN(C(=O)c3cccc4c3OCCO4)C2)nn1. The summed E-state index contributed by atoms with van der Waals surface area (Å²) in [4.78, 5) is 14.6. The number of hydrogen-bond acceptors (Lipinski definition) is 6. The van der Waals surface area contributed by atoms with E-state index in [1.54, 1.807) is 17.0 Å².